The number of fused-ring (bicyclic) bond motifs is 1. The highest BCUT2D eigenvalue weighted by molar-refractivity contribution is 5.98. The number of carbonyl (C=O) groups is 2. The Hall–Kier alpha value is -2.93. The Labute approximate surface area is 177 Å². The van der Waals surface area contributed by atoms with Crippen LogP contribution in [0.25, 0.3) is 0 Å². The number of nitrogens with zero attached hydrogens (tertiary/aromatic N) is 4. The minimum absolute atomic E-state index is 0.0531. The monoisotopic (exact) mass is 407 g/mol. The van der Waals surface area contributed by atoms with Crippen molar-refractivity contribution in [3.05, 3.63) is 53.7 Å². The highest BCUT2D eigenvalue weighted by Gasteiger charge is 2.30. The Bertz CT molecular complexity index is 904. The molecule has 3 heterocycles. The van der Waals surface area contributed by atoms with E-state index in [1.54, 1.807) is 0 Å². The second kappa shape index (κ2) is 8.83. The van der Waals surface area contributed by atoms with Crippen LogP contribution < -0.4 is 10.2 Å². The molecule has 1 atom stereocenters. The molecule has 0 aliphatic carbocycles. The van der Waals surface area contributed by atoms with Gasteiger partial charge in [-0.3, -0.25) is 9.59 Å². The summed E-state index contributed by atoms with van der Waals surface area (Å²) in [6.07, 6.45) is 2.81. The second-order valence-electron chi connectivity index (χ2n) is 8.38. The molecule has 2 aromatic rings. The number of amides is 2. The predicted molar refractivity (Wildman–Crippen MR) is 117 cm³/mol. The van der Waals surface area contributed by atoms with Crippen LogP contribution in [0.3, 0.4) is 0 Å². The average Bonchev–Trinajstić information content (AvgIpc) is 2.74. The van der Waals surface area contributed by atoms with Gasteiger partial charge in [-0.25, -0.2) is 4.98 Å². The van der Waals surface area contributed by atoms with E-state index in [2.05, 4.69) is 32.2 Å². The summed E-state index contributed by atoms with van der Waals surface area (Å²) in [5.74, 6) is 0.662. The molecule has 1 fully saturated rings. The number of piperazine rings is 1. The molecule has 1 aromatic carbocycles. The van der Waals surface area contributed by atoms with Crippen LogP contribution in [0, 0.1) is 5.92 Å². The number of hydrogen-bond acceptors (Lipinski definition) is 5. The zero-order valence-corrected chi connectivity index (χ0v) is 17.7. The van der Waals surface area contributed by atoms with Gasteiger partial charge in [-0.2, -0.15) is 0 Å². The number of aromatic nitrogens is 1. The van der Waals surface area contributed by atoms with Gasteiger partial charge in [-0.15, -0.1) is 0 Å². The van der Waals surface area contributed by atoms with Gasteiger partial charge in [0.1, 0.15) is 5.82 Å². The summed E-state index contributed by atoms with van der Waals surface area (Å²) in [6, 6.07) is 12.0. The first-order valence-electron chi connectivity index (χ1n) is 10.5. The number of nitrogens with one attached hydrogen (secondary N) is 1. The number of anilines is 2. The summed E-state index contributed by atoms with van der Waals surface area (Å²) in [7, 11) is 4.08. The van der Waals surface area contributed by atoms with Crippen LogP contribution in [-0.4, -0.2) is 66.9 Å². The van der Waals surface area contributed by atoms with Crippen molar-refractivity contribution >= 4 is 23.3 Å². The molecule has 0 spiro atoms. The number of para-hydroxylation sites is 1. The second-order valence-corrected chi connectivity index (χ2v) is 8.38. The van der Waals surface area contributed by atoms with Crippen LogP contribution in [0.5, 0.6) is 0 Å². The molecule has 1 saturated heterocycles. The van der Waals surface area contributed by atoms with E-state index in [1.165, 1.54) is 5.56 Å². The lowest BCUT2D eigenvalue weighted by Gasteiger charge is -2.36. The van der Waals surface area contributed by atoms with Gasteiger partial charge in [0.2, 0.25) is 11.8 Å². The molecule has 0 bridgehead atoms. The molecular weight excluding hydrogens is 378 g/mol. The SMILES string of the molecule is CN(C)Cc1ccc(N2CCN(C(=O)CC3Cc4ccccc4NC3=O)CC2)nc1. The maximum absolute atomic E-state index is 12.8. The van der Waals surface area contributed by atoms with Crippen molar-refractivity contribution in [2.24, 2.45) is 5.92 Å². The Balaban J connectivity index is 1.30. The third-order valence-electron chi connectivity index (χ3n) is 5.80. The van der Waals surface area contributed by atoms with E-state index >= 15 is 0 Å². The van der Waals surface area contributed by atoms with Crippen LogP contribution >= 0.6 is 0 Å². The van der Waals surface area contributed by atoms with Crippen molar-refractivity contribution in [1.29, 1.82) is 0 Å². The van der Waals surface area contributed by atoms with E-state index in [0.29, 0.717) is 19.5 Å². The largest absolute Gasteiger partial charge is 0.353 e. The van der Waals surface area contributed by atoms with Crippen molar-refractivity contribution in [2.45, 2.75) is 19.4 Å². The topological polar surface area (TPSA) is 68.8 Å². The fourth-order valence-corrected chi connectivity index (χ4v) is 4.17. The van der Waals surface area contributed by atoms with Crippen LogP contribution in [0.2, 0.25) is 0 Å². The number of hydrogen-bond donors (Lipinski definition) is 1. The molecule has 7 heteroatoms. The fourth-order valence-electron chi connectivity index (χ4n) is 4.17. The first-order valence-corrected chi connectivity index (χ1v) is 10.5. The van der Waals surface area contributed by atoms with Crippen LogP contribution in [0.15, 0.2) is 42.6 Å². The van der Waals surface area contributed by atoms with E-state index in [-0.39, 0.29) is 24.2 Å². The lowest BCUT2D eigenvalue weighted by Crippen LogP contribution is -2.49. The fraction of sp³-hybridized carbons (Fsp3) is 0.435. The van der Waals surface area contributed by atoms with Gasteiger partial charge in [0.25, 0.3) is 0 Å². The Morgan fingerprint density at radius 2 is 1.90 bits per heavy atom. The van der Waals surface area contributed by atoms with Crippen molar-refractivity contribution in [2.75, 3.05) is 50.5 Å². The zero-order valence-electron chi connectivity index (χ0n) is 17.7. The van der Waals surface area contributed by atoms with Crippen molar-refractivity contribution in [3.8, 4) is 0 Å². The molecule has 1 unspecified atom stereocenters. The summed E-state index contributed by atoms with van der Waals surface area (Å²) < 4.78 is 0. The minimum Gasteiger partial charge on any atom is -0.353 e. The lowest BCUT2D eigenvalue weighted by molar-refractivity contribution is -0.135. The highest BCUT2D eigenvalue weighted by Crippen LogP contribution is 2.27. The first kappa shape index (κ1) is 20.3. The summed E-state index contributed by atoms with van der Waals surface area (Å²) in [6.45, 7) is 3.70. The molecule has 2 aliphatic heterocycles. The van der Waals surface area contributed by atoms with Crippen LogP contribution in [0.1, 0.15) is 17.5 Å². The summed E-state index contributed by atoms with van der Waals surface area (Å²) in [5.41, 5.74) is 3.15. The normalized spacial score (nSPS) is 18.9. The molecule has 1 N–H and O–H groups in total. The minimum atomic E-state index is -0.295. The molecule has 7 nitrogen and oxygen atoms in total. The summed E-state index contributed by atoms with van der Waals surface area (Å²) in [4.78, 5) is 36.0. The number of pyridine rings is 1. The molecule has 0 radical (unpaired) electrons. The Morgan fingerprint density at radius 3 is 2.60 bits per heavy atom. The third-order valence-corrected chi connectivity index (χ3v) is 5.80. The third kappa shape index (κ3) is 4.62. The zero-order chi connectivity index (χ0) is 21.1. The first-order chi connectivity index (χ1) is 14.5. The van der Waals surface area contributed by atoms with E-state index in [1.807, 2.05) is 49.5 Å². The van der Waals surface area contributed by atoms with E-state index in [9.17, 15) is 9.59 Å². The van der Waals surface area contributed by atoms with Gasteiger partial charge in [0, 0.05) is 51.0 Å². The Morgan fingerprint density at radius 1 is 1.13 bits per heavy atom. The van der Waals surface area contributed by atoms with Gasteiger partial charge < -0.3 is 20.0 Å². The molecule has 1 aromatic heterocycles. The van der Waals surface area contributed by atoms with E-state index in [4.69, 9.17) is 0 Å². The molecule has 2 aliphatic rings. The average molecular weight is 408 g/mol. The smallest absolute Gasteiger partial charge is 0.228 e. The highest BCUT2D eigenvalue weighted by atomic mass is 16.2. The van der Waals surface area contributed by atoms with Gasteiger partial charge in [-0.05, 0) is 43.8 Å². The Kier molecular flexibility index (Phi) is 5.99. The summed E-state index contributed by atoms with van der Waals surface area (Å²) in [5, 5.41) is 2.93. The maximum Gasteiger partial charge on any atom is 0.228 e. The number of benzene rings is 1. The van der Waals surface area contributed by atoms with Gasteiger partial charge in [0.05, 0.1) is 5.92 Å². The van der Waals surface area contributed by atoms with Gasteiger partial charge >= 0.3 is 0 Å². The molecule has 30 heavy (non-hydrogen) atoms. The van der Waals surface area contributed by atoms with Crippen molar-refractivity contribution in [1.82, 2.24) is 14.8 Å². The maximum atomic E-state index is 12.8. The molecule has 158 valence electrons. The predicted octanol–water partition coefficient (Wildman–Crippen LogP) is 1.99. The van der Waals surface area contributed by atoms with Crippen LogP contribution in [0.4, 0.5) is 11.5 Å². The van der Waals surface area contributed by atoms with Crippen LogP contribution in [-0.2, 0) is 22.6 Å². The number of rotatable bonds is 5. The van der Waals surface area contributed by atoms with Gasteiger partial charge in [0.15, 0.2) is 0 Å². The van der Waals surface area contributed by atoms with E-state index < -0.39 is 0 Å². The molecule has 0 saturated carbocycles. The standard InChI is InChI=1S/C23H29N5O2/c1-26(2)16-17-7-8-21(24-15-17)27-9-11-28(12-10-27)22(29)14-19-13-18-5-3-4-6-20(18)25-23(19)30/h3-8,15,19H,9-14,16H2,1-2H3,(H,25,30). The van der Waals surface area contributed by atoms with Crippen molar-refractivity contribution in [3.63, 3.8) is 0 Å². The number of carbonyl (C=O) groups excluding carboxylic acids is 2. The molecule has 4 rings (SSSR count). The van der Waals surface area contributed by atoms with Gasteiger partial charge in [-0.1, -0.05) is 24.3 Å². The van der Waals surface area contributed by atoms with Crippen molar-refractivity contribution < 1.29 is 9.59 Å². The lowest BCUT2D eigenvalue weighted by atomic mass is 9.90. The molecular formula is C23H29N5O2. The quantitative estimate of drug-likeness (QED) is 0.821. The van der Waals surface area contributed by atoms with E-state index in [0.717, 1.165) is 36.7 Å². The summed E-state index contributed by atoms with van der Waals surface area (Å²) >= 11 is 0. The molecule has 2 amide bonds.